The van der Waals surface area contributed by atoms with Gasteiger partial charge in [0.25, 0.3) is 0 Å². The number of rotatable bonds is 28. The molecule has 0 aliphatic heterocycles. The largest absolute Gasteiger partial charge is 0.460 e. The molecule has 0 radical (unpaired) electrons. The van der Waals surface area contributed by atoms with Gasteiger partial charge in [0.1, 0.15) is 19.8 Å². The molecular weight excluding hydrogens is 516 g/mol. The normalized spacial score (nSPS) is 11.0. The maximum Gasteiger partial charge on any atom is 0.330 e. The molecule has 0 saturated carbocycles. The molecule has 0 fully saturated rings. The summed E-state index contributed by atoms with van der Waals surface area (Å²) in [5, 5.41) is 0. The highest BCUT2D eigenvalue weighted by atomic mass is 16.6. The summed E-state index contributed by atoms with van der Waals surface area (Å²) in [4.78, 5) is 33.0. The summed E-state index contributed by atoms with van der Waals surface area (Å²) in [5.41, 5.74) is -0.418. The van der Waals surface area contributed by atoms with Crippen LogP contribution in [0, 0.1) is 5.41 Å². The van der Waals surface area contributed by atoms with Gasteiger partial charge in [-0.1, -0.05) is 26.7 Å². The van der Waals surface area contributed by atoms with Crippen LogP contribution in [-0.4, -0.2) is 117 Å². The first-order valence-electron chi connectivity index (χ1n) is 12.8. The van der Waals surface area contributed by atoms with Crippen molar-refractivity contribution in [2.75, 3.05) is 99.1 Å². The molecule has 0 heterocycles. The lowest BCUT2D eigenvalue weighted by Crippen LogP contribution is -2.38. The van der Waals surface area contributed by atoms with E-state index in [-0.39, 0.29) is 39.6 Å². The second-order valence-electron chi connectivity index (χ2n) is 7.96. The zero-order valence-electron chi connectivity index (χ0n) is 23.1. The summed E-state index contributed by atoms with van der Waals surface area (Å²) in [6.07, 6.45) is 4.01. The van der Waals surface area contributed by atoms with Crippen molar-refractivity contribution < 1.29 is 57.0 Å². The van der Waals surface area contributed by atoms with Gasteiger partial charge in [0.05, 0.1) is 79.3 Å². The van der Waals surface area contributed by atoms with Crippen LogP contribution in [0.5, 0.6) is 0 Å². The highest BCUT2D eigenvalue weighted by Crippen LogP contribution is 2.24. The Balaban J connectivity index is 4.38. The smallest absolute Gasteiger partial charge is 0.330 e. The van der Waals surface area contributed by atoms with Crippen LogP contribution >= 0.6 is 0 Å². The van der Waals surface area contributed by atoms with E-state index in [0.29, 0.717) is 59.5 Å². The van der Waals surface area contributed by atoms with E-state index >= 15 is 0 Å². The van der Waals surface area contributed by atoms with Crippen LogP contribution in [0.25, 0.3) is 0 Å². The fourth-order valence-electron chi connectivity index (χ4n) is 2.74. The molecule has 0 N–H and O–H groups in total. The predicted molar refractivity (Wildman–Crippen MR) is 141 cm³/mol. The summed E-state index contributed by atoms with van der Waals surface area (Å²) in [6, 6.07) is 0. The lowest BCUT2D eigenvalue weighted by molar-refractivity contribution is -0.140. The third-order valence-corrected chi connectivity index (χ3v) is 5.01. The average Bonchev–Trinajstić information content (AvgIpc) is 2.95. The van der Waals surface area contributed by atoms with Crippen LogP contribution in [-0.2, 0) is 57.0 Å². The Bertz CT molecular complexity index is 606. The number of esters is 3. The fraction of sp³-hybridized carbons (Fsp3) is 0.667. The van der Waals surface area contributed by atoms with E-state index in [1.54, 1.807) is 0 Å². The zero-order valence-corrected chi connectivity index (χ0v) is 23.1. The monoisotopic (exact) mass is 560 g/mol. The Morgan fingerprint density at radius 1 is 0.487 bits per heavy atom. The van der Waals surface area contributed by atoms with E-state index in [2.05, 4.69) is 19.7 Å². The molecular formula is C27H44O12. The van der Waals surface area contributed by atoms with Gasteiger partial charge in [0.15, 0.2) is 0 Å². The molecule has 0 amide bonds. The number of carbonyl (C=O) groups is 3. The Morgan fingerprint density at radius 2 is 0.744 bits per heavy atom. The summed E-state index contributed by atoms with van der Waals surface area (Å²) in [7, 11) is 0. The van der Waals surface area contributed by atoms with Gasteiger partial charge in [-0.05, 0) is 6.42 Å². The molecule has 12 heteroatoms. The summed E-state index contributed by atoms with van der Waals surface area (Å²) in [6.45, 7) is 16.3. The van der Waals surface area contributed by atoms with Crippen molar-refractivity contribution in [1.29, 1.82) is 0 Å². The lowest BCUT2D eigenvalue weighted by Gasteiger charge is -2.32. The molecule has 0 rings (SSSR count). The Labute approximate surface area is 231 Å². The van der Waals surface area contributed by atoms with Gasteiger partial charge in [-0.15, -0.1) is 0 Å². The SMILES string of the molecule is C=CC(=O)OCCOCCOCC(CC)(COCCOCCOC(=O)C=C)COCCOCCOC(=O)C=C. The molecule has 0 aliphatic carbocycles. The second kappa shape index (κ2) is 25.7. The van der Waals surface area contributed by atoms with E-state index in [1.165, 1.54) is 0 Å². The fourth-order valence-corrected chi connectivity index (χ4v) is 2.74. The van der Waals surface area contributed by atoms with E-state index in [4.69, 9.17) is 42.6 Å². The maximum absolute atomic E-state index is 11.0. The zero-order chi connectivity index (χ0) is 29.0. The van der Waals surface area contributed by atoms with Crippen molar-refractivity contribution in [3.8, 4) is 0 Å². The van der Waals surface area contributed by atoms with Crippen LogP contribution in [0.15, 0.2) is 38.0 Å². The van der Waals surface area contributed by atoms with E-state index in [9.17, 15) is 14.4 Å². The third-order valence-electron chi connectivity index (χ3n) is 5.01. The summed E-state index contributed by atoms with van der Waals surface area (Å²) in [5.74, 6) is -1.48. The molecule has 39 heavy (non-hydrogen) atoms. The Kier molecular flexibility index (Phi) is 23.9. The predicted octanol–water partition coefficient (Wildman–Crippen LogP) is 1.67. The van der Waals surface area contributed by atoms with Crippen molar-refractivity contribution in [3.63, 3.8) is 0 Å². The van der Waals surface area contributed by atoms with Crippen LogP contribution in [0.4, 0.5) is 0 Å². The molecule has 0 aromatic heterocycles. The van der Waals surface area contributed by atoms with Crippen molar-refractivity contribution in [1.82, 2.24) is 0 Å². The van der Waals surface area contributed by atoms with Gasteiger partial charge in [-0.25, -0.2) is 14.4 Å². The van der Waals surface area contributed by atoms with Crippen LogP contribution in [0.2, 0.25) is 0 Å². The lowest BCUT2D eigenvalue weighted by atomic mass is 9.88. The minimum atomic E-state index is -0.495. The molecule has 12 nitrogen and oxygen atoms in total. The third kappa shape index (κ3) is 22.0. The molecule has 0 aromatic rings. The quantitative estimate of drug-likeness (QED) is 0.0596. The second-order valence-corrected chi connectivity index (χ2v) is 7.96. The van der Waals surface area contributed by atoms with Gasteiger partial charge in [-0.2, -0.15) is 0 Å². The maximum atomic E-state index is 11.0. The van der Waals surface area contributed by atoms with Crippen molar-refractivity contribution in [2.45, 2.75) is 13.3 Å². The van der Waals surface area contributed by atoms with E-state index in [0.717, 1.165) is 24.6 Å². The molecule has 0 bridgehead atoms. The van der Waals surface area contributed by atoms with E-state index in [1.807, 2.05) is 6.92 Å². The van der Waals surface area contributed by atoms with E-state index < -0.39 is 23.3 Å². The minimum Gasteiger partial charge on any atom is -0.460 e. The summed E-state index contributed by atoms with van der Waals surface area (Å²) >= 11 is 0. The van der Waals surface area contributed by atoms with Gasteiger partial charge >= 0.3 is 17.9 Å². The van der Waals surface area contributed by atoms with Gasteiger partial charge in [-0.3, -0.25) is 0 Å². The Hall–Kier alpha value is -2.61. The average molecular weight is 561 g/mol. The van der Waals surface area contributed by atoms with Crippen molar-refractivity contribution in [3.05, 3.63) is 38.0 Å². The summed E-state index contributed by atoms with van der Waals surface area (Å²) < 4.78 is 48.3. The minimum absolute atomic E-state index is 0.142. The van der Waals surface area contributed by atoms with Crippen LogP contribution in [0.1, 0.15) is 13.3 Å². The highest BCUT2D eigenvalue weighted by Gasteiger charge is 2.30. The molecule has 0 aliphatic rings. The molecule has 224 valence electrons. The topological polar surface area (TPSA) is 134 Å². The molecule has 0 atom stereocenters. The first-order valence-corrected chi connectivity index (χ1v) is 12.8. The van der Waals surface area contributed by atoms with Crippen molar-refractivity contribution in [2.24, 2.45) is 5.41 Å². The van der Waals surface area contributed by atoms with Crippen molar-refractivity contribution >= 4 is 17.9 Å². The van der Waals surface area contributed by atoms with Gasteiger partial charge in [0, 0.05) is 23.6 Å². The molecule has 0 spiro atoms. The molecule has 0 unspecified atom stereocenters. The van der Waals surface area contributed by atoms with Gasteiger partial charge in [0.2, 0.25) is 0 Å². The molecule has 0 aromatic carbocycles. The first kappa shape index (κ1) is 36.4. The highest BCUT2D eigenvalue weighted by molar-refractivity contribution is 5.81. The van der Waals surface area contributed by atoms with Crippen LogP contribution < -0.4 is 0 Å². The Morgan fingerprint density at radius 3 is 1.00 bits per heavy atom. The molecule has 0 saturated heterocycles. The number of hydrogen-bond acceptors (Lipinski definition) is 12. The van der Waals surface area contributed by atoms with Crippen LogP contribution in [0.3, 0.4) is 0 Å². The first-order chi connectivity index (χ1) is 18.9. The van der Waals surface area contributed by atoms with Gasteiger partial charge < -0.3 is 42.6 Å². The number of carbonyl (C=O) groups excluding carboxylic acids is 3. The number of ether oxygens (including phenoxy) is 9. The standard InChI is InChI=1S/C27H44O12/c1-5-24(28)37-18-15-31-9-12-34-21-27(8-4,22-35-13-10-32-16-19-38-25(29)6-2)23-36-14-11-33-17-20-39-26(30)7-3/h5-7H,1-3,8-23H2,4H3. The number of hydrogen-bond donors (Lipinski definition) is 0.